The second kappa shape index (κ2) is 5.56. The average molecular weight is 157 g/mol. The Labute approximate surface area is 57.4 Å². The standard InChI is InChI=1S/C4H9ClO2S/c1-2-8-4(6)7-3-5/h6,8H,2-3H2,1H3. The van der Waals surface area contributed by atoms with Crippen LogP contribution in [0.5, 0.6) is 0 Å². The van der Waals surface area contributed by atoms with E-state index in [2.05, 4.69) is 4.74 Å². The lowest BCUT2D eigenvalue weighted by Gasteiger charge is -1.93. The predicted octanol–water partition coefficient (Wildman–Crippen LogP) is 1.33. The van der Waals surface area contributed by atoms with Crippen LogP contribution in [0.4, 0.5) is 0 Å². The number of hydrogen-bond donors (Lipinski definition) is 2. The highest BCUT2D eigenvalue weighted by molar-refractivity contribution is 7.98. The van der Waals surface area contributed by atoms with Crippen LogP contribution < -0.4 is 0 Å². The van der Waals surface area contributed by atoms with Crippen LogP contribution in [0.3, 0.4) is 0 Å². The fourth-order valence-electron chi connectivity index (χ4n) is 0.230. The van der Waals surface area contributed by atoms with Crippen molar-refractivity contribution in [1.82, 2.24) is 0 Å². The first-order valence-electron chi connectivity index (χ1n) is 2.23. The van der Waals surface area contributed by atoms with Gasteiger partial charge in [0.05, 0.1) is 0 Å². The number of halogens is 1. The van der Waals surface area contributed by atoms with Gasteiger partial charge in [-0.25, -0.2) is 0 Å². The monoisotopic (exact) mass is 156 g/mol. The Morgan fingerprint density at radius 3 is 2.88 bits per heavy atom. The Hall–Kier alpha value is 0.430. The molecule has 4 heteroatoms. The zero-order chi connectivity index (χ0) is 6.41. The second-order valence-corrected chi connectivity index (χ2v) is 2.56. The van der Waals surface area contributed by atoms with Crippen molar-refractivity contribution in [1.29, 1.82) is 0 Å². The number of hydrogen-bond acceptors (Lipinski definition) is 1. The molecule has 0 saturated carbocycles. The van der Waals surface area contributed by atoms with Crippen LogP contribution in [-0.2, 0) is 4.74 Å². The third-order valence-electron chi connectivity index (χ3n) is 0.477. The van der Waals surface area contributed by atoms with E-state index < -0.39 is 0 Å². The van der Waals surface area contributed by atoms with Crippen molar-refractivity contribution in [3.63, 3.8) is 0 Å². The summed E-state index contributed by atoms with van der Waals surface area (Å²) in [5.74, 6) is 0.850. The van der Waals surface area contributed by atoms with Gasteiger partial charge in [-0.05, 0) is 5.75 Å². The minimum atomic E-state index is 0.00231. The molecule has 0 aromatic rings. The van der Waals surface area contributed by atoms with Gasteiger partial charge in [0.25, 0.3) is 0 Å². The summed E-state index contributed by atoms with van der Waals surface area (Å²) in [6.45, 7) is 1.94. The normalized spacial score (nSPS) is 13.1. The second-order valence-electron chi connectivity index (χ2n) is 1.01. The summed E-state index contributed by atoms with van der Waals surface area (Å²) in [5.41, 5.74) is 0. The zero-order valence-corrected chi connectivity index (χ0v) is 6.25. The molecule has 0 aliphatic carbocycles. The van der Waals surface area contributed by atoms with Gasteiger partial charge in [-0.2, -0.15) is 0 Å². The van der Waals surface area contributed by atoms with Crippen LogP contribution in [0.25, 0.3) is 0 Å². The lowest BCUT2D eigenvalue weighted by Crippen LogP contribution is -1.98. The van der Waals surface area contributed by atoms with Gasteiger partial charge in [0, 0.05) is 0 Å². The van der Waals surface area contributed by atoms with Crippen molar-refractivity contribution in [3.05, 3.63) is 0 Å². The lowest BCUT2D eigenvalue weighted by atomic mass is 11.0. The van der Waals surface area contributed by atoms with Crippen molar-refractivity contribution >= 4 is 28.2 Å². The summed E-state index contributed by atoms with van der Waals surface area (Å²) in [5, 5.41) is 8.65. The fraction of sp³-hybridized carbons (Fsp3) is 0.750. The SMILES string of the molecule is CC[SH]=C(O)OCCl. The van der Waals surface area contributed by atoms with Gasteiger partial charge >= 0.3 is 0 Å². The number of ether oxygens (including phenoxy) is 1. The highest BCUT2D eigenvalue weighted by Gasteiger charge is 1.84. The number of rotatable bonds is 2. The molecule has 2 nitrogen and oxygen atoms in total. The van der Waals surface area contributed by atoms with E-state index in [1.54, 1.807) is 0 Å². The number of aliphatic hydroxyl groups is 1. The molecule has 0 bridgehead atoms. The molecule has 0 rings (SSSR count). The van der Waals surface area contributed by atoms with Gasteiger partial charge < -0.3 is 9.84 Å². The first-order chi connectivity index (χ1) is 3.81. The van der Waals surface area contributed by atoms with E-state index in [0.29, 0.717) is 0 Å². The van der Waals surface area contributed by atoms with E-state index in [4.69, 9.17) is 16.7 Å². The van der Waals surface area contributed by atoms with Crippen LogP contribution in [0.15, 0.2) is 0 Å². The molecular weight excluding hydrogens is 148 g/mol. The Morgan fingerprint density at radius 2 is 2.50 bits per heavy atom. The van der Waals surface area contributed by atoms with Crippen molar-refractivity contribution in [2.45, 2.75) is 6.92 Å². The Bertz CT molecular complexity index is 84.1. The fourth-order valence-corrected chi connectivity index (χ4v) is 0.835. The first-order valence-corrected chi connectivity index (χ1v) is 3.84. The molecule has 0 spiro atoms. The Morgan fingerprint density at radius 1 is 1.88 bits per heavy atom. The van der Waals surface area contributed by atoms with Crippen molar-refractivity contribution in [2.75, 3.05) is 11.8 Å². The van der Waals surface area contributed by atoms with Crippen molar-refractivity contribution in [2.24, 2.45) is 0 Å². The van der Waals surface area contributed by atoms with Crippen molar-refractivity contribution < 1.29 is 9.84 Å². The smallest absolute Gasteiger partial charge is 0.205 e. The van der Waals surface area contributed by atoms with Crippen LogP contribution in [0.1, 0.15) is 6.92 Å². The van der Waals surface area contributed by atoms with E-state index in [1.807, 2.05) is 6.92 Å². The highest BCUT2D eigenvalue weighted by atomic mass is 35.5. The van der Waals surface area contributed by atoms with E-state index >= 15 is 0 Å². The van der Waals surface area contributed by atoms with Crippen molar-refractivity contribution in [3.8, 4) is 0 Å². The molecule has 0 aromatic carbocycles. The van der Waals surface area contributed by atoms with Crippen LogP contribution >= 0.6 is 23.0 Å². The predicted molar refractivity (Wildman–Crippen MR) is 39.0 cm³/mol. The van der Waals surface area contributed by atoms with Gasteiger partial charge in [-0.15, -0.1) is 11.4 Å². The number of thiol groups is 1. The first kappa shape index (κ1) is 8.43. The van der Waals surface area contributed by atoms with Crippen LogP contribution in [0, 0.1) is 0 Å². The van der Waals surface area contributed by atoms with E-state index in [1.165, 1.54) is 0 Å². The zero-order valence-electron chi connectivity index (χ0n) is 4.59. The quantitative estimate of drug-likeness (QED) is 0.359. The molecule has 8 heavy (non-hydrogen) atoms. The molecule has 50 valence electrons. The molecular formula is C4H9ClO2S. The summed E-state index contributed by atoms with van der Waals surface area (Å²) in [4.78, 5) is 0. The molecule has 0 atom stereocenters. The maximum atomic E-state index is 8.65. The van der Waals surface area contributed by atoms with Gasteiger partial charge in [0.15, 0.2) is 0 Å². The molecule has 0 aliphatic heterocycles. The minimum absolute atomic E-state index is 0.00231. The summed E-state index contributed by atoms with van der Waals surface area (Å²) in [7, 11) is 0. The molecule has 0 fully saturated rings. The summed E-state index contributed by atoms with van der Waals surface area (Å²) < 4.78 is 4.51. The molecule has 0 unspecified atom stereocenters. The molecule has 0 amide bonds. The number of alkyl halides is 1. The maximum Gasteiger partial charge on any atom is 0.205 e. The van der Waals surface area contributed by atoms with Gasteiger partial charge in [-0.3, -0.25) is 0 Å². The molecule has 0 saturated heterocycles. The maximum absolute atomic E-state index is 8.65. The molecule has 0 aromatic heterocycles. The van der Waals surface area contributed by atoms with Gasteiger partial charge in [0.2, 0.25) is 5.24 Å². The molecule has 0 radical (unpaired) electrons. The van der Waals surface area contributed by atoms with Gasteiger partial charge in [0.1, 0.15) is 6.07 Å². The Balaban J connectivity index is 3.29. The van der Waals surface area contributed by atoms with E-state index in [0.717, 1.165) is 17.1 Å². The van der Waals surface area contributed by atoms with Gasteiger partial charge in [-0.1, -0.05) is 18.5 Å². The lowest BCUT2D eigenvalue weighted by molar-refractivity contribution is 0.289. The highest BCUT2D eigenvalue weighted by Crippen LogP contribution is 1.90. The van der Waals surface area contributed by atoms with Crippen LogP contribution in [0.2, 0.25) is 0 Å². The minimum Gasteiger partial charge on any atom is -0.337 e. The summed E-state index contributed by atoms with van der Waals surface area (Å²) >= 11 is 5.92. The van der Waals surface area contributed by atoms with E-state index in [-0.39, 0.29) is 11.3 Å². The average Bonchev–Trinajstić information content (AvgIpc) is 1.68. The molecule has 0 aliphatic rings. The molecule has 0 heterocycles. The van der Waals surface area contributed by atoms with E-state index in [9.17, 15) is 0 Å². The Kier molecular flexibility index (Phi) is 5.86. The summed E-state index contributed by atoms with van der Waals surface area (Å²) in [6, 6.07) is 0.0266. The third-order valence-corrected chi connectivity index (χ3v) is 1.30. The number of aliphatic hydroxyl groups excluding tert-OH is 1. The summed E-state index contributed by atoms with van der Waals surface area (Å²) in [6.07, 6.45) is 0. The third kappa shape index (κ3) is 4.59. The molecule has 1 N–H and O–H groups in total. The topological polar surface area (TPSA) is 29.5 Å². The van der Waals surface area contributed by atoms with Crippen LogP contribution in [-0.4, -0.2) is 22.2 Å². The largest absolute Gasteiger partial charge is 0.337 e.